The lowest BCUT2D eigenvalue weighted by Crippen LogP contribution is -2.58. The van der Waals surface area contributed by atoms with Gasteiger partial charge in [-0.15, -0.1) is 11.8 Å². The van der Waals surface area contributed by atoms with E-state index in [1.165, 1.54) is 30.0 Å². The highest BCUT2D eigenvalue weighted by Crippen LogP contribution is 2.48. The Morgan fingerprint density at radius 2 is 1.98 bits per heavy atom. The number of piperazine rings is 1. The molecule has 1 saturated heterocycles. The maximum Gasteiger partial charge on any atom is 0.387 e. The maximum atomic E-state index is 14.3. The summed E-state index contributed by atoms with van der Waals surface area (Å²) in [5, 5.41) is 0.894. The Balaban J connectivity index is 1.72. The summed E-state index contributed by atoms with van der Waals surface area (Å²) in [7, 11) is 1.55. The average molecular weight is 609 g/mol. The molecule has 41 heavy (non-hydrogen) atoms. The van der Waals surface area contributed by atoms with Gasteiger partial charge in [-0.3, -0.25) is 9.36 Å². The summed E-state index contributed by atoms with van der Waals surface area (Å²) in [6.45, 7) is 5.35. The van der Waals surface area contributed by atoms with Crippen LogP contribution >= 0.6 is 23.4 Å². The van der Waals surface area contributed by atoms with Crippen LogP contribution in [0.4, 0.5) is 19.0 Å². The number of nitrogens with zero attached hydrogens (tertiary/aromatic N) is 4. The predicted molar refractivity (Wildman–Crippen MR) is 153 cm³/mol. The number of halogens is 4. The minimum atomic E-state index is -3.21. The van der Waals surface area contributed by atoms with E-state index in [0.29, 0.717) is 51.6 Å². The zero-order valence-electron chi connectivity index (χ0n) is 22.6. The number of carbonyl (C=O) groups excluding carboxylic acids is 1. The van der Waals surface area contributed by atoms with Crippen LogP contribution in [0, 0.1) is 5.82 Å². The number of carbonyl (C=O) groups is 1. The number of anilines is 1. The van der Waals surface area contributed by atoms with Crippen molar-refractivity contribution in [1.29, 1.82) is 0 Å². The van der Waals surface area contributed by atoms with Crippen LogP contribution in [-0.2, 0) is 9.53 Å². The highest BCUT2D eigenvalue weighted by Gasteiger charge is 2.35. The molecule has 2 aliphatic heterocycles. The fourth-order valence-corrected chi connectivity index (χ4v) is 7.46. The predicted octanol–water partition coefficient (Wildman–Crippen LogP) is 5.36. The van der Waals surface area contributed by atoms with Crippen LogP contribution in [0.15, 0.2) is 46.6 Å². The molecule has 3 aromatic rings. The highest BCUT2D eigenvalue weighted by molar-refractivity contribution is 7.99. The maximum absolute atomic E-state index is 14.3. The zero-order chi connectivity index (χ0) is 29.6. The van der Waals surface area contributed by atoms with E-state index in [1.807, 2.05) is 18.7 Å². The lowest BCUT2D eigenvalue weighted by molar-refractivity contribution is -0.130. The van der Waals surface area contributed by atoms with Gasteiger partial charge in [0.15, 0.2) is 11.6 Å². The molecule has 0 spiro atoms. The Kier molecular flexibility index (Phi) is 8.27. The van der Waals surface area contributed by atoms with E-state index in [1.54, 1.807) is 22.6 Å². The summed E-state index contributed by atoms with van der Waals surface area (Å²) in [5.74, 6) is -0.826. The molecule has 218 valence electrons. The molecule has 3 heterocycles. The van der Waals surface area contributed by atoms with Crippen molar-refractivity contribution in [3.63, 3.8) is 0 Å². The minimum Gasteiger partial charge on any atom is -0.432 e. The normalized spacial score (nSPS) is 20.5. The van der Waals surface area contributed by atoms with Gasteiger partial charge in [0.1, 0.15) is 5.82 Å². The van der Waals surface area contributed by atoms with Crippen molar-refractivity contribution in [2.75, 3.05) is 37.5 Å². The first-order chi connectivity index (χ1) is 19.5. The van der Waals surface area contributed by atoms with E-state index < -0.39 is 23.9 Å². The molecular formula is C28H28ClF3N4O4S. The summed E-state index contributed by atoms with van der Waals surface area (Å²) in [6.07, 6.45) is 1.29. The van der Waals surface area contributed by atoms with Crippen molar-refractivity contribution in [3.05, 3.63) is 58.2 Å². The number of ether oxygens (including phenoxy) is 2. The zero-order valence-corrected chi connectivity index (χ0v) is 24.1. The molecule has 1 amide bonds. The van der Waals surface area contributed by atoms with Gasteiger partial charge in [0.05, 0.1) is 23.2 Å². The highest BCUT2D eigenvalue weighted by atomic mass is 35.5. The molecule has 8 nitrogen and oxygen atoms in total. The van der Waals surface area contributed by atoms with Crippen LogP contribution in [-0.4, -0.2) is 71.6 Å². The first-order valence-corrected chi connectivity index (χ1v) is 14.3. The van der Waals surface area contributed by atoms with Gasteiger partial charge >= 0.3 is 12.3 Å². The SMILES string of the molecule is C=CC(=O)N1[C@H](C)CN(c2nc(=O)n3c4c(c(-c5ccc(F)c(OC(F)F)c5)c(Cl)cc24)SC[C@@H]3COC)C[C@@H]1C. The number of benzene rings is 2. The third-order valence-corrected chi connectivity index (χ3v) is 8.86. The number of rotatable bonds is 7. The Hall–Kier alpha value is -3.22. The molecule has 0 saturated carbocycles. The second-order valence-corrected chi connectivity index (χ2v) is 11.5. The lowest BCUT2D eigenvalue weighted by atomic mass is 10.0. The molecular weight excluding hydrogens is 581 g/mol. The third-order valence-electron chi connectivity index (χ3n) is 7.32. The van der Waals surface area contributed by atoms with Crippen LogP contribution in [0.5, 0.6) is 5.75 Å². The van der Waals surface area contributed by atoms with E-state index in [9.17, 15) is 22.8 Å². The van der Waals surface area contributed by atoms with Crippen molar-refractivity contribution in [3.8, 4) is 16.9 Å². The summed E-state index contributed by atoms with van der Waals surface area (Å²) >= 11 is 8.31. The number of aromatic nitrogens is 2. The van der Waals surface area contributed by atoms with Crippen LogP contribution in [0.1, 0.15) is 19.9 Å². The van der Waals surface area contributed by atoms with Crippen LogP contribution in [0.2, 0.25) is 5.02 Å². The molecule has 2 aromatic carbocycles. The second-order valence-electron chi connectivity index (χ2n) is 10.0. The summed E-state index contributed by atoms with van der Waals surface area (Å²) in [5.41, 5.74) is 0.920. The number of hydrogen-bond donors (Lipinski definition) is 0. The van der Waals surface area contributed by atoms with Gasteiger partial charge in [-0.1, -0.05) is 24.2 Å². The lowest BCUT2D eigenvalue weighted by Gasteiger charge is -2.45. The van der Waals surface area contributed by atoms with Gasteiger partial charge in [0, 0.05) is 53.9 Å². The van der Waals surface area contributed by atoms with Crippen molar-refractivity contribution in [1.82, 2.24) is 14.5 Å². The summed E-state index contributed by atoms with van der Waals surface area (Å²) in [6, 6.07) is 4.65. The first-order valence-electron chi connectivity index (χ1n) is 12.9. The quantitative estimate of drug-likeness (QED) is 0.334. The molecule has 1 fully saturated rings. The minimum absolute atomic E-state index is 0.171. The molecule has 13 heteroatoms. The Labute approximate surface area is 243 Å². The van der Waals surface area contributed by atoms with Crippen molar-refractivity contribution >= 4 is 46.0 Å². The van der Waals surface area contributed by atoms with Gasteiger partial charge in [0.25, 0.3) is 0 Å². The molecule has 0 unspecified atom stereocenters. The van der Waals surface area contributed by atoms with Crippen molar-refractivity contribution in [2.45, 2.75) is 43.5 Å². The fraction of sp³-hybridized carbons (Fsp3) is 0.393. The number of methoxy groups -OCH3 is 1. The molecule has 0 radical (unpaired) electrons. The van der Waals surface area contributed by atoms with Gasteiger partial charge in [-0.2, -0.15) is 13.8 Å². The van der Waals surface area contributed by atoms with Gasteiger partial charge in [-0.25, -0.2) is 9.18 Å². The fourth-order valence-electron chi connectivity index (χ4n) is 5.77. The molecule has 2 aliphatic rings. The number of thioether (sulfide) groups is 1. The van der Waals surface area contributed by atoms with Crippen LogP contribution in [0.25, 0.3) is 22.0 Å². The topological polar surface area (TPSA) is 76.9 Å². The van der Waals surface area contributed by atoms with Crippen LogP contribution in [0.3, 0.4) is 0 Å². The molecule has 5 rings (SSSR count). The van der Waals surface area contributed by atoms with Crippen molar-refractivity contribution < 1.29 is 27.4 Å². The largest absolute Gasteiger partial charge is 0.432 e. The molecule has 3 atom stereocenters. The molecule has 0 bridgehead atoms. The molecule has 0 aliphatic carbocycles. The van der Waals surface area contributed by atoms with E-state index in [4.69, 9.17) is 16.3 Å². The van der Waals surface area contributed by atoms with Crippen LogP contribution < -0.4 is 15.3 Å². The van der Waals surface area contributed by atoms with Crippen molar-refractivity contribution in [2.24, 2.45) is 0 Å². The Bertz CT molecular complexity index is 1570. The average Bonchev–Trinajstić information content (AvgIpc) is 2.91. The third kappa shape index (κ3) is 5.28. The molecule has 0 N–H and O–H groups in total. The smallest absolute Gasteiger partial charge is 0.387 e. The van der Waals surface area contributed by atoms with Gasteiger partial charge < -0.3 is 19.3 Å². The van der Waals surface area contributed by atoms with Gasteiger partial charge in [0.2, 0.25) is 5.91 Å². The molecule has 1 aromatic heterocycles. The van der Waals surface area contributed by atoms with Gasteiger partial charge in [-0.05, 0) is 43.7 Å². The number of alkyl halides is 2. The van der Waals surface area contributed by atoms with E-state index in [2.05, 4.69) is 16.3 Å². The Morgan fingerprint density at radius 1 is 1.27 bits per heavy atom. The van der Waals surface area contributed by atoms with E-state index >= 15 is 0 Å². The standard InChI is InChI=1S/C28H28ClF3N4O4S/c1-5-22(37)35-14(2)10-34(11-15(35)3)26-18-9-19(29)23(16-6-7-20(30)21(8-16)40-27(31)32)25-24(18)36(28(38)33-26)17(12-39-4)13-41-25/h5-9,14-15,17,27H,1,10-13H2,2-4H3/t14-,15+,17-/m0/s1. The van der Waals surface area contributed by atoms with E-state index in [-0.39, 0.29) is 35.7 Å². The number of hydrogen-bond acceptors (Lipinski definition) is 7. The Morgan fingerprint density at radius 3 is 2.61 bits per heavy atom. The summed E-state index contributed by atoms with van der Waals surface area (Å²) < 4.78 is 51.5. The monoisotopic (exact) mass is 608 g/mol. The second kappa shape index (κ2) is 11.6. The summed E-state index contributed by atoms with van der Waals surface area (Å²) in [4.78, 5) is 35.0. The number of amides is 1. The first kappa shape index (κ1) is 29.3. The van der Waals surface area contributed by atoms with E-state index in [0.717, 1.165) is 6.07 Å².